The maximum absolute atomic E-state index is 14.9. The van der Waals surface area contributed by atoms with Crippen molar-refractivity contribution < 1.29 is 77.7 Å². The van der Waals surface area contributed by atoms with Crippen molar-refractivity contribution in [3.63, 3.8) is 0 Å². The van der Waals surface area contributed by atoms with Gasteiger partial charge in [0.2, 0.25) is 41.4 Å². The van der Waals surface area contributed by atoms with Crippen molar-refractivity contribution in [1.29, 1.82) is 0 Å². The number of fused-ring (bicyclic) bond motifs is 5. The number of aryl methyl sites for hydroxylation is 1. The van der Waals surface area contributed by atoms with Gasteiger partial charge in [-0.1, -0.05) is 37.3 Å². The highest BCUT2D eigenvalue weighted by molar-refractivity contribution is 6.02. The number of hydrogen-bond donors (Lipinski definition) is 8. The summed E-state index contributed by atoms with van der Waals surface area (Å²) in [5, 5.41) is 29.6. The van der Waals surface area contributed by atoms with Gasteiger partial charge in [-0.05, 0) is 42.2 Å². The van der Waals surface area contributed by atoms with Crippen LogP contribution in [0.1, 0.15) is 67.3 Å². The van der Waals surface area contributed by atoms with Gasteiger partial charge < -0.3 is 70.6 Å². The number of esters is 1. The van der Waals surface area contributed by atoms with Crippen LogP contribution < -0.4 is 42.8 Å². The van der Waals surface area contributed by atoms with Crippen molar-refractivity contribution in [2.45, 2.75) is 77.3 Å². The van der Waals surface area contributed by atoms with Gasteiger partial charge in [-0.15, -0.1) is 0 Å². The maximum atomic E-state index is 14.9. The molecule has 0 radical (unpaired) electrons. The molecule has 1 unspecified atom stereocenters. The molecular weight excluding hydrogens is 1060 g/mol. The Morgan fingerprint density at radius 1 is 0.802 bits per heavy atom. The van der Waals surface area contributed by atoms with Crippen molar-refractivity contribution in [2.24, 2.45) is 0 Å². The SMILES string of the molecule is [3H]C1CC(=O)N(CCOCCOCCOCCC(=O)NCC(=O)NCC(=O)N[C@@H](Cc2ccccc2)C(=O)NCC(=O)NCOCCNC(=O)NCc2c3c(nc4cc(F)c(C)cc24)-c2cc4c(c(=O)n2C3)COC(=O)[C@]4(O)CC)C1=O. The lowest BCUT2D eigenvalue weighted by Gasteiger charge is -2.31. The molecule has 8 N–H and O–H groups in total. The van der Waals surface area contributed by atoms with Gasteiger partial charge in [0.1, 0.15) is 25.2 Å². The number of pyridine rings is 2. The third kappa shape index (κ3) is 16.0. The van der Waals surface area contributed by atoms with Crippen molar-refractivity contribution in [2.75, 3.05) is 85.7 Å². The number of hydrogen-bond acceptors (Lipinski definition) is 17. The number of amides is 9. The zero-order valence-corrected chi connectivity index (χ0v) is 44.7. The van der Waals surface area contributed by atoms with Crippen LogP contribution >= 0.6 is 0 Å². The Balaban J connectivity index is 0.769. The van der Waals surface area contributed by atoms with Crippen LogP contribution in [0.5, 0.6) is 0 Å². The normalized spacial score (nSPS) is 16.6. The molecule has 3 aliphatic heterocycles. The lowest BCUT2D eigenvalue weighted by Crippen LogP contribution is -2.52. The Bertz CT molecular complexity index is 3130. The molecule has 3 atom stereocenters. The molecule has 5 heterocycles. The van der Waals surface area contributed by atoms with E-state index in [0.29, 0.717) is 39.0 Å². The predicted molar refractivity (Wildman–Crippen MR) is 283 cm³/mol. The van der Waals surface area contributed by atoms with E-state index in [4.69, 9.17) is 30.0 Å². The lowest BCUT2D eigenvalue weighted by molar-refractivity contribution is -0.172. The molecule has 2 aromatic heterocycles. The molecule has 0 saturated carbocycles. The number of aliphatic hydroxyl groups is 1. The molecule has 1 fully saturated rings. The van der Waals surface area contributed by atoms with Gasteiger partial charge in [-0.2, -0.15) is 0 Å². The van der Waals surface area contributed by atoms with Crippen molar-refractivity contribution in [1.82, 2.24) is 51.7 Å². The number of aromatic nitrogens is 2. The molecule has 4 aromatic rings. The summed E-state index contributed by atoms with van der Waals surface area (Å²) in [6.07, 6.45) is -1.24. The second-order valence-electron chi connectivity index (χ2n) is 18.9. The summed E-state index contributed by atoms with van der Waals surface area (Å²) in [5.74, 6) is -5.51. The van der Waals surface area contributed by atoms with Gasteiger partial charge >= 0.3 is 12.0 Å². The number of carbonyl (C=O) groups is 9. The van der Waals surface area contributed by atoms with Crippen LogP contribution in [0.15, 0.2) is 53.3 Å². The first-order valence-corrected chi connectivity index (χ1v) is 26.2. The number of cyclic esters (lactones) is 1. The van der Waals surface area contributed by atoms with E-state index in [-0.39, 0.29) is 134 Å². The topological polar surface area (TPSA) is 342 Å². The van der Waals surface area contributed by atoms with Gasteiger partial charge in [-0.25, -0.2) is 19.0 Å². The third-order valence-electron chi connectivity index (χ3n) is 13.4. The molecule has 7 rings (SSSR count). The minimum atomic E-state index is -2.05. The van der Waals surface area contributed by atoms with Crippen LogP contribution in [-0.4, -0.2) is 165 Å². The van der Waals surface area contributed by atoms with Crippen LogP contribution in [0.25, 0.3) is 22.3 Å². The van der Waals surface area contributed by atoms with Crippen molar-refractivity contribution in [3.8, 4) is 11.4 Å². The smallest absolute Gasteiger partial charge is 0.343 e. The number of nitrogens with one attached hydrogen (secondary N) is 7. The Hall–Kier alpha value is -8.24. The molecule has 26 nitrogen and oxygen atoms in total. The summed E-state index contributed by atoms with van der Waals surface area (Å²) in [6.45, 7) is 2.13. The summed E-state index contributed by atoms with van der Waals surface area (Å²) >= 11 is 0. The fourth-order valence-corrected chi connectivity index (χ4v) is 8.95. The highest BCUT2D eigenvalue weighted by Gasteiger charge is 2.45. The number of urea groups is 1. The Labute approximate surface area is 464 Å². The highest BCUT2D eigenvalue weighted by Crippen LogP contribution is 2.40. The molecule has 27 heteroatoms. The van der Waals surface area contributed by atoms with Crippen LogP contribution in [0.2, 0.25) is 0 Å². The van der Waals surface area contributed by atoms with E-state index in [1.165, 1.54) is 10.6 Å². The Kier molecular flexibility index (Phi) is 20.9. The van der Waals surface area contributed by atoms with E-state index >= 15 is 0 Å². The number of carbonyl (C=O) groups excluding carboxylic acids is 9. The van der Waals surface area contributed by atoms with Gasteiger partial charge in [0.25, 0.3) is 5.56 Å². The van der Waals surface area contributed by atoms with Crippen LogP contribution in [0.4, 0.5) is 9.18 Å². The zero-order chi connectivity index (χ0) is 58.9. The van der Waals surface area contributed by atoms with Gasteiger partial charge in [0.05, 0.1) is 101 Å². The van der Waals surface area contributed by atoms with Crippen LogP contribution in [0, 0.1) is 12.7 Å². The lowest BCUT2D eigenvalue weighted by atomic mass is 9.86. The molecule has 81 heavy (non-hydrogen) atoms. The third-order valence-corrected chi connectivity index (χ3v) is 13.4. The van der Waals surface area contributed by atoms with Gasteiger partial charge in [-0.3, -0.25) is 43.3 Å². The largest absolute Gasteiger partial charge is 0.458 e. The summed E-state index contributed by atoms with van der Waals surface area (Å²) in [5.41, 5.74) is 0.820. The van der Waals surface area contributed by atoms with Gasteiger partial charge in [0, 0.05) is 62.7 Å². The van der Waals surface area contributed by atoms with Crippen LogP contribution in [-0.2, 0) is 93.8 Å². The molecular formula is C54H65FN10O16. The highest BCUT2D eigenvalue weighted by atomic mass is 19.1. The van der Waals surface area contributed by atoms with Crippen molar-refractivity contribution in [3.05, 3.63) is 98.1 Å². The number of imide groups is 1. The summed E-state index contributed by atoms with van der Waals surface area (Å²) < 4.78 is 50.6. The summed E-state index contributed by atoms with van der Waals surface area (Å²) in [7, 11) is 0. The molecule has 2 aromatic carbocycles. The van der Waals surface area contributed by atoms with E-state index < -0.39 is 96.5 Å². The average molecular weight is 1130 g/mol. The number of likely N-dealkylation sites (tertiary alicyclic amines) is 1. The zero-order valence-electron chi connectivity index (χ0n) is 45.7. The molecule has 0 bridgehead atoms. The molecule has 434 valence electrons. The monoisotopic (exact) mass is 1130 g/mol. The molecule has 0 spiro atoms. The molecule has 0 aliphatic carbocycles. The standard InChI is InChI=1S/C54H65FN10O16/c1-3-54(76)38-23-42-49-36(29-65(42)51(73)37(38)30-81-52(54)74)35(34-21-32(2)39(55)24-40(34)63-49)25-60-53(75)56-12-15-80-31-61-45(68)27-59-50(72)41(22-33-7-5-4-6-8-33)62-46(69)28-58-44(67)26-57-43(66)11-14-77-17-19-79-20-18-78-16-13-64-47(70)9-10-48(64)71/h4-8,21,23-24,41,76H,3,9-20,22,25-31H2,1-2H3,(H,57,66)(H,58,67)(H,59,72)(H,61,68)(H,62,69)(H2,56,60,75)/t41-,54-/m0/s1/i9T/t9?,41-,54-. The fraction of sp³-hybridized carbons (Fsp3) is 0.463. The van der Waals surface area contributed by atoms with E-state index in [1.54, 1.807) is 56.3 Å². The Morgan fingerprint density at radius 3 is 2.22 bits per heavy atom. The second-order valence-corrected chi connectivity index (χ2v) is 18.9. The molecule has 1 saturated heterocycles. The van der Waals surface area contributed by atoms with E-state index in [2.05, 4.69) is 37.2 Å². The first kappa shape index (κ1) is 58.9. The van der Waals surface area contributed by atoms with E-state index in [1.807, 2.05) is 0 Å². The van der Waals surface area contributed by atoms with E-state index in [9.17, 15) is 57.4 Å². The fourth-order valence-electron chi connectivity index (χ4n) is 8.95. The Morgan fingerprint density at radius 2 is 1.49 bits per heavy atom. The number of benzene rings is 2. The van der Waals surface area contributed by atoms with Crippen LogP contribution in [0.3, 0.4) is 0 Å². The molecule has 9 amide bonds. The number of ether oxygens (including phenoxy) is 5. The maximum Gasteiger partial charge on any atom is 0.343 e. The van der Waals surface area contributed by atoms with Crippen molar-refractivity contribution >= 4 is 64.3 Å². The first-order chi connectivity index (χ1) is 39.4. The molecule has 3 aliphatic rings. The quantitative estimate of drug-likeness (QED) is 0.0119. The van der Waals surface area contributed by atoms with Gasteiger partial charge in [0.15, 0.2) is 5.60 Å². The number of halogens is 1. The first-order valence-electron chi connectivity index (χ1n) is 26.7. The minimum absolute atomic E-state index is 0.00375. The average Bonchev–Trinajstić information content (AvgIpc) is 2.09. The predicted octanol–water partition coefficient (Wildman–Crippen LogP) is -0.918. The number of rotatable bonds is 30. The summed E-state index contributed by atoms with van der Waals surface area (Å²) in [4.78, 5) is 132. The second kappa shape index (κ2) is 28.8. The summed E-state index contributed by atoms with van der Waals surface area (Å²) in [6, 6.07) is 11.4. The minimum Gasteiger partial charge on any atom is -0.458 e. The van der Waals surface area contributed by atoms with E-state index in [0.717, 1.165) is 4.90 Å². The number of nitrogens with zero attached hydrogens (tertiary/aromatic N) is 3.